The third-order valence-electron chi connectivity index (χ3n) is 5.62. The molecular formula is C22H24F3N3O4S. The molecule has 0 saturated heterocycles. The van der Waals surface area contributed by atoms with Gasteiger partial charge in [0.15, 0.2) is 0 Å². The van der Waals surface area contributed by atoms with Crippen LogP contribution in [0.5, 0.6) is 0 Å². The topological polar surface area (TPSA) is 118 Å². The van der Waals surface area contributed by atoms with E-state index < -0.39 is 45.7 Å². The first-order chi connectivity index (χ1) is 15.5. The fraction of sp³-hybridized carbons (Fsp3) is 0.364. The van der Waals surface area contributed by atoms with Gasteiger partial charge in [-0.15, -0.1) is 0 Å². The van der Waals surface area contributed by atoms with Gasteiger partial charge in [0.05, 0.1) is 10.5 Å². The van der Waals surface area contributed by atoms with Crippen molar-refractivity contribution in [2.45, 2.75) is 48.8 Å². The van der Waals surface area contributed by atoms with Crippen molar-refractivity contribution in [1.29, 1.82) is 0 Å². The monoisotopic (exact) mass is 483 g/mol. The Balaban J connectivity index is 1.57. The fourth-order valence-corrected chi connectivity index (χ4v) is 5.11. The lowest BCUT2D eigenvalue weighted by molar-refractivity contribution is -0.137. The number of rotatable bonds is 7. The van der Waals surface area contributed by atoms with Crippen molar-refractivity contribution in [2.75, 3.05) is 0 Å². The van der Waals surface area contributed by atoms with Crippen LogP contribution in [-0.4, -0.2) is 26.3 Å². The molecule has 1 aliphatic carbocycles. The van der Waals surface area contributed by atoms with Crippen LogP contribution in [0.3, 0.4) is 0 Å². The molecule has 0 unspecified atom stereocenters. The number of halogens is 3. The molecule has 1 saturated carbocycles. The number of hydrogen-bond acceptors (Lipinski definition) is 4. The quantitative estimate of drug-likeness (QED) is 0.561. The van der Waals surface area contributed by atoms with E-state index in [4.69, 9.17) is 5.73 Å². The van der Waals surface area contributed by atoms with E-state index in [0.717, 1.165) is 24.3 Å². The molecule has 178 valence electrons. The van der Waals surface area contributed by atoms with Gasteiger partial charge in [0.2, 0.25) is 21.8 Å². The van der Waals surface area contributed by atoms with Crippen molar-refractivity contribution in [1.82, 2.24) is 10.0 Å². The second kappa shape index (κ2) is 9.92. The second-order valence-electron chi connectivity index (χ2n) is 7.95. The molecule has 1 atom stereocenters. The number of amides is 2. The van der Waals surface area contributed by atoms with E-state index in [0.29, 0.717) is 31.2 Å². The number of sulfonamides is 1. The van der Waals surface area contributed by atoms with Crippen molar-refractivity contribution < 1.29 is 31.2 Å². The number of benzene rings is 2. The molecule has 4 N–H and O–H groups in total. The number of carbonyl (C=O) groups is 2. The van der Waals surface area contributed by atoms with Crippen LogP contribution >= 0.6 is 0 Å². The number of nitrogens with two attached hydrogens (primary N) is 1. The lowest BCUT2D eigenvalue weighted by Crippen LogP contribution is -2.43. The molecule has 2 amide bonds. The maximum absolute atomic E-state index is 12.7. The number of alkyl halides is 3. The van der Waals surface area contributed by atoms with Gasteiger partial charge in [0.25, 0.3) is 0 Å². The predicted molar refractivity (Wildman–Crippen MR) is 114 cm³/mol. The third kappa shape index (κ3) is 6.32. The summed E-state index contributed by atoms with van der Waals surface area (Å²) in [5, 5.41) is 2.66. The maximum Gasteiger partial charge on any atom is 0.416 e. The molecule has 1 fully saturated rings. The zero-order valence-electron chi connectivity index (χ0n) is 17.5. The standard InChI is InChI=1S/C22H24F3N3O4S/c23-22(24,25)16-8-12-18(13-9-16)33(31,32)28-17-10-6-15(7-11-17)21(30)27-19(20(26)29)14-4-2-1-3-5-14/h1-5,8-9,12-13,15,17,19,28H,6-7,10-11H2,(H2,26,29)(H,27,30)/t15?,17?,19-/m0/s1. The van der Waals surface area contributed by atoms with Gasteiger partial charge in [0, 0.05) is 12.0 Å². The van der Waals surface area contributed by atoms with Gasteiger partial charge in [-0.05, 0) is 55.5 Å². The average molecular weight is 484 g/mol. The van der Waals surface area contributed by atoms with Crippen LogP contribution in [0.15, 0.2) is 59.5 Å². The summed E-state index contributed by atoms with van der Waals surface area (Å²) in [6, 6.07) is 10.4. The van der Waals surface area contributed by atoms with Crippen molar-refractivity contribution in [2.24, 2.45) is 11.7 Å². The number of carbonyl (C=O) groups excluding carboxylic acids is 2. The van der Waals surface area contributed by atoms with Crippen LogP contribution in [0.1, 0.15) is 42.9 Å². The normalized spacial score (nSPS) is 20.1. The summed E-state index contributed by atoms with van der Waals surface area (Å²) < 4.78 is 65.6. The van der Waals surface area contributed by atoms with Gasteiger partial charge in [-0.1, -0.05) is 30.3 Å². The summed E-state index contributed by atoms with van der Waals surface area (Å²) in [4.78, 5) is 24.2. The summed E-state index contributed by atoms with van der Waals surface area (Å²) in [6.45, 7) is 0. The molecule has 0 heterocycles. The van der Waals surface area contributed by atoms with Crippen molar-refractivity contribution in [3.05, 3.63) is 65.7 Å². The highest BCUT2D eigenvalue weighted by molar-refractivity contribution is 7.89. The van der Waals surface area contributed by atoms with E-state index in [1.165, 1.54) is 0 Å². The molecule has 1 aliphatic rings. The van der Waals surface area contributed by atoms with Gasteiger partial charge < -0.3 is 11.1 Å². The minimum Gasteiger partial charge on any atom is -0.368 e. The third-order valence-corrected chi connectivity index (χ3v) is 7.15. The Kier molecular flexibility index (Phi) is 7.43. The van der Waals surface area contributed by atoms with E-state index in [1.54, 1.807) is 30.3 Å². The molecule has 0 bridgehead atoms. The first-order valence-corrected chi connectivity index (χ1v) is 11.8. The zero-order valence-corrected chi connectivity index (χ0v) is 18.3. The summed E-state index contributed by atoms with van der Waals surface area (Å²) in [5.41, 5.74) is 5.07. The number of hydrogen-bond donors (Lipinski definition) is 3. The summed E-state index contributed by atoms with van der Waals surface area (Å²) in [5.74, 6) is -1.44. The SMILES string of the molecule is NC(=O)[C@@H](NC(=O)C1CCC(NS(=O)(=O)c2ccc(C(F)(F)F)cc2)CC1)c1ccccc1. The van der Waals surface area contributed by atoms with Crippen LogP contribution in [0, 0.1) is 5.92 Å². The highest BCUT2D eigenvalue weighted by Gasteiger charge is 2.33. The van der Waals surface area contributed by atoms with E-state index >= 15 is 0 Å². The fourth-order valence-electron chi connectivity index (χ4n) is 3.81. The van der Waals surface area contributed by atoms with Gasteiger partial charge in [-0.25, -0.2) is 13.1 Å². The van der Waals surface area contributed by atoms with Gasteiger partial charge in [-0.2, -0.15) is 13.2 Å². The Labute approximate surface area is 189 Å². The minimum atomic E-state index is -4.55. The first-order valence-electron chi connectivity index (χ1n) is 10.3. The highest BCUT2D eigenvalue weighted by atomic mass is 32.2. The summed E-state index contributed by atoms with van der Waals surface area (Å²) in [6.07, 6.45) is -3.06. The molecule has 7 nitrogen and oxygen atoms in total. The molecule has 11 heteroatoms. The Morgan fingerprint density at radius 1 is 0.939 bits per heavy atom. The van der Waals surface area contributed by atoms with Crippen molar-refractivity contribution in [3.63, 3.8) is 0 Å². The smallest absolute Gasteiger partial charge is 0.368 e. The maximum atomic E-state index is 12.7. The zero-order chi connectivity index (χ0) is 24.2. The van der Waals surface area contributed by atoms with Gasteiger partial charge >= 0.3 is 6.18 Å². The van der Waals surface area contributed by atoms with E-state index in [1.807, 2.05) is 0 Å². The average Bonchev–Trinajstić information content (AvgIpc) is 2.77. The van der Waals surface area contributed by atoms with Crippen LogP contribution in [0.4, 0.5) is 13.2 Å². The minimum absolute atomic E-state index is 0.262. The highest BCUT2D eigenvalue weighted by Crippen LogP contribution is 2.30. The summed E-state index contributed by atoms with van der Waals surface area (Å²) >= 11 is 0. The van der Waals surface area contributed by atoms with Gasteiger partial charge in [0.1, 0.15) is 6.04 Å². The number of primary amides is 1. The summed E-state index contributed by atoms with van der Waals surface area (Å²) in [7, 11) is -4.01. The molecule has 2 aromatic carbocycles. The van der Waals surface area contributed by atoms with E-state index in [-0.39, 0.29) is 10.8 Å². The molecule has 0 radical (unpaired) electrons. The molecule has 0 aromatic heterocycles. The second-order valence-corrected chi connectivity index (χ2v) is 9.66. The first kappa shape index (κ1) is 24.7. The van der Waals surface area contributed by atoms with E-state index in [9.17, 15) is 31.2 Å². The van der Waals surface area contributed by atoms with Crippen LogP contribution < -0.4 is 15.8 Å². The van der Waals surface area contributed by atoms with Crippen LogP contribution in [0.2, 0.25) is 0 Å². The van der Waals surface area contributed by atoms with Crippen molar-refractivity contribution >= 4 is 21.8 Å². The predicted octanol–water partition coefficient (Wildman–Crippen LogP) is 2.89. The van der Waals surface area contributed by atoms with Crippen LogP contribution in [0.25, 0.3) is 0 Å². The molecule has 3 rings (SSSR count). The van der Waals surface area contributed by atoms with Gasteiger partial charge in [-0.3, -0.25) is 9.59 Å². The lowest BCUT2D eigenvalue weighted by atomic mass is 9.85. The van der Waals surface area contributed by atoms with Crippen LogP contribution in [-0.2, 0) is 25.8 Å². The lowest BCUT2D eigenvalue weighted by Gasteiger charge is -2.29. The number of nitrogens with one attached hydrogen (secondary N) is 2. The molecule has 0 aliphatic heterocycles. The van der Waals surface area contributed by atoms with Crippen molar-refractivity contribution in [3.8, 4) is 0 Å². The Morgan fingerprint density at radius 3 is 2.03 bits per heavy atom. The Hall–Kier alpha value is -2.92. The Morgan fingerprint density at radius 2 is 1.52 bits per heavy atom. The largest absolute Gasteiger partial charge is 0.416 e. The van der Waals surface area contributed by atoms with E-state index in [2.05, 4.69) is 10.0 Å². The molecule has 2 aromatic rings. The molecule has 33 heavy (non-hydrogen) atoms. The molecular weight excluding hydrogens is 459 g/mol. The molecule has 0 spiro atoms. The Bertz CT molecular complexity index is 1080.